The zero-order valence-corrected chi connectivity index (χ0v) is 13.2. The molecular weight excluding hydrogens is 323 g/mol. The van der Waals surface area contributed by atoms with Gasteiger partial charge < -0.3 is 5.11 Å². The number of aliphatic hydroxyl groups excluding tert-OH is 1. The van der Waals surface area contributed by atoms with Gasteiger partial charge in [0.05, 0.1) is 22.0 Å². The molecule has 0 bridgehead atoms. The van der Waals surface area contributed by atoms with Crippen molar-refractivity contribution >= 4 is 15.9 Å². The Morgan fingerprint density at radius 2 is 2.15 bits per heavy atom. The van der Waals surface area contributed by atoms with E-state index in [1.54, 1.807) is 10.7 Å². The van der Waals surface area contributed by atoms with Gasteiger partial charge in [0.1, 0.15) is 5.82 Å². The summed E-state index contributed by atoms with van der Waals surface area (Å²) in [6, 6.07) is 6.77. The van der Waals surface area contributed by atoms with E-state index in [-0.39, 0.29) is 5.82 Å². The van der Waals surface area contributed by atoms with Gasteiger partial charge in [0.15, 0.2) is 0 Å². The molecule has 5 heteroatoms. The minimum atomic E-state index is -0.694. The van der Waals surface area contributed by atoms with E-state index in [1.807, 2.05) is 26.0 Å². The van der Waals surface area contributed by atoms with Crippen molar-refractivity contribution in [1.29, 1.82) is 0 Å². The number of hydrogen-bond donors (Lipinski definition) is 1. The number of nitrogens with zero attached hydrogens (tertiary/aromatic N) is 2. The summed E-state index contributed by atoms with van der Waals surface area (Å²) >= 11 is 3.23. The third kappa shape index (κ3) is 3.10. The van der Waals surface area contributed by atoms with Crippen LogP contribution in [0.2, 0.25) is 0 Å². The van der Waals surface area contributed by atoms with Crippen molar-refractivity contribution in [2.45, 2.75) is 39.3 Å². The SMILES string of the molecule is CCc1cc(C(O)Cc2cccc(F)c2Br)n(CC)n1. The number of aromatic nitrogens is 2. The molecule has 0 saturated heterocycles. The molecule has 0 radical (unpaired) electrons. The molecule has 1 aromatic carbocycles. The van der Waals surface area contributed by atoms with Crippen LogP contribution < -0.4 is 0 Å². The molecule has 0 aliphatic heterocycles. The Hall–Kier alpha value is -1.20. The van der Waals surface area contributed by atoms with E-state index in [2.05, 4.69) is 21.0 Å². The van der Waals surface area contributed by atoms with Gasteiger partial charge in [-0.2, -0.15) is 5.10 Å². The largest absolute Gasteiger partial charge is 0.386 e. The fourth-order valence-electron chi connectivity index (χ4n) is 2.20. The van der Waals surface area contributed by atoms with E-state index in [9.17, 15) is 9.50 Å². The van der Waals surface area contributed by atoms with E-state index in [1.165, 1.54) is 6.07 Å². The second-order valence-corrected chi connectivity index (χ2v) is 5.46. The van der Waals surface area contributed by atoms with Crippen molar-refractivity contribution in [2.24, 2.45) is 0 Å². The van der Waals surface area contributed by atoms with E-state index < -0.39 is 6.10 Å². The summed E-state index contributed by atoms with van der Waals surface area (Å²) in [6.45, 7) is 4.72. The Kier molecular flexibility index (Phi) is 4.94. The van der Waals surface area contributed by atoms with Crippen LogP contribution in [0.25, 0.3) is 0 Å². The van der Waals surface area contributed by atoms with Gasteiger partial charge in [0.2, 0.25) is 0 Å². The molecule has 1 unspecified atom stereocenters. The summed E-state index contributed by atoms with van der Waals surface area (Å²) in [4.78, 5) is 0. The molecule has 0 spiro atoms. The zero-order chi connectivity index (χ0) is 14.7. The van der Waals surface area contributed by atoms with Gasteiger partial charge in [-0.15, -0.1) is 0 Å². The van der Waals surface area contributed by atoms with Crippen molar-refractivity contribution in [3.05, 3.63) is 51.5 Å². The van der Waals surface area contributed by atoms with Crippen molar-refractivity contribution in [3.8, 4) is 0 Å². The Morgan fingerprint density at radius 3 is 2.80 bits per heavy atom. The normalized spacial score (nSPS) is 12.7. The summed E-state index contributed by atoms with van der Waals surface area (Å²) in [5.41, 5.74) is 2.49. The first kappa shape index (κ1) is 15.2. The molecule has 0 saturated carbocycles. The van der Waals surface area contributed by atoms with E-state index in [0.29, 0.717) is 17.4 Å². The lowest BCUT2D eigenvalue weighted by atomic mass is 10.0. The first-order valence-electron chi connectivity index (χ1n) is 6.74. The topological polar surface area (TPSA) is 38.0 Å². The van der Waals surface area contributed by atoms with Crippen LogP contribution in [0, 0.1) is 5.82 Å². The van der Waals surface area contributed by atoms with Crippen LogP contribution in [-0.4, -0.2) is 14.9 Å². The first-order chi connectivity index (χ1) is 9.56. The van der Waals surface area contributed by atoms with E-state index in [0.717, 1.165) is 23.4 Å². The summed E-state index contributed by atoms with van der Waals surface area (Å²) in [5, 5.41) is 14.8. The molecular formula is C15H18BrFN2O. The predicted molar refractivity (Wildman–Crippen MR) is 80.0 cm³/mol. The molecule has 20 heavy (non-hydrogen) atoms. The van der Waals surface area contributed by atoms with Gasteiger partial charge in [0, 0.05) is 13.0 Å². The zero-order valence-electron chi connectivity index (χ0n) is 11.6. The minimum Gasteiger partial charge on any atom is -0.386 e. The van der Waals surface area contributed by atoms with Crippen LogP contribution in [0.1, 0.15) is 36.9 Å². The maximum absolute atomic E-state index is 13.5. The molecule has 1 N–H and O–H groups in total. The Bertz CT molecular complexity index is 598. The highest BCUT2D eigenvalue weighted by atomic mass is 79.9. The Labute approximate surface area is 126 Å². The number of hydrogen-bond acceptors (Lipinski definition) is 2. The summed E-state index contributed by atoms with van der Waals surface area (Å²) in [6.07, 6.45) is 0.490. The molecule has 2 aromatic rings. The quantitative estimate of drug-likeness (QED) is 0.902. The van der Waals surface area contributed by atoms with Crippen LogP contribution in [0.15, 0.2) is 28.7 Å². The lowest BCUT2D eigenvalue weighted by Crippen LogP contribution is -2.10. The van der Waals surface area contributed by atoms with Crippen molar-refractivity contribution in [3.63, 3.8) is 0 Å². The summed E-state index contributed by atoms with van der Waals surface area (Å²) < 4.78 is 15.7. The summed E-state index contributed by atoms with van der Waals surface area (Å²) in [7, 11) is 0. The van der Waals surface area contributed by atoms with Gasteiger partial charge in [0.25, 0.3) is 0 Å². The van der Waals surface area contributed by atoms with Crippen LogP contribution in [-0.2, 0) is 19.4 Å². The Balaban J connectivity index is 2.25. The lowest BCUT2D eigenvalue weighted by Gasteiger charge is -2.13. The van der Waals surface area contributed by atoms with Crippen molar-refractivity contribution in [2.75, 3.05) is 0 Å². The lowest BCUT2D eigenvalue weighted by molar-refractivity contribution is 0.167. The van der Waals surface area contributed by atoms with Crippen LogP contribution in [0.5, 0.6) is 0 Å². The van der Waals surface area contributed by atoms with Gasteiger partial charge in [-0.3, -0.25) is 4.68 Å². The fraction of sp³-hybridized carbons (Fsp3) is 0.400. The standard InChI is InChI=1S/C15H18BrFN2O/c1-3-11-9-13(19(4-2)18-11)14(20)8-10-6-5-7-12(17)15(10)16/h5-7,9,14,20H,3-4,8H2,1-2H3. The number of halogens is 2. The Morgan fingerprint density at radius 1 is 1.40 bits per heavy atom. The van der Waals surface area contributed by atoms with Crippen LogP contribution in [0.3, 0.4) is 0 Å². The monoisotopic (exact) mass is 340 g/mol. The van der Waals surface area contributed by atoms with Gasteiger partial charge in [-0.1, -0.05) is 19.1 Å². The summed E-state index contributed by atoms with van der Waals surface area (Å²) in [5.74, 6) is -0.312. The van der Waals surface area contributed by atoms with Crippen molar-refractivity contribution < 1.29 is 9.50 Å². The highest BCUT2D eigenvalue weighted by molar-refractivity contribution is 9.10. The first-order valence-corrected chi connectivity index (χ1v) is 7.53. The molecule has 108 valence electrons. The van der Waals surface area contributed by atoms with Gasteiger partial charge in [-0.25, -0.2) is 4.39 Å². The highest BCUT2D eigenvalue weighted by Crippen LogP contribution is 2.26. The fourth-order valence-corrected chi connectivity index (χ4v) is 2.63. The van der Waals surface area contributed by atoms with Crippen molar-refractivity contribution in [1.82, 2.24) is 9.78 Å². The maximum Gasteiger partial charge on any atom is 0.137 e. The number of aryl methyl sites for hydroxylation is 2. The average molecular weight is 341 g/mol. The molecule has 0 aliphatic carbocycles. The average Bonchev–Trinajstić information content (AvgIpc) is 2.87. The van der Waals surface area contributed by atoms with Crippen LogP contribution in [0.4, 0.5) is 4.39 Å². The van der Waals surface area contributed by atoms with Gasteiger partial charge in [-0.05, 0) is 47.0 Å². The third-order valence-corrected chi connectivity index (χ3v) is 4.20. The minimum absolute atomic E-state index is 0.312. The van der Waals surface area contributed by atoms with Crippen LogP contribution >= 0.6 is 15.9 Å². The molecule has 0 aliphatic rings. The third-order valence-electron chi connectivity index (χ3n) is 3.31. The maximum atomic E-state index is 13.5. The second kappa shape index (κ2) is 6.50. The molecule has 2 rings (SSSR count). The van der Waals surface area contributed by atoms with E-state index >= 15 is 0 Å². The van der Waals surface area contributed by atoms with Gasteiger partial charge >= 0.3 is 0 Å². The highest BCUT2D eigenvalue weighted by Gasteiger charge is 2.17. The smallest absolute Gasteiger partial charge is 0.137 e. The second-order valence-electron chi connectivity index (χ2n) is 4.66. The molecule has 1 atom stereocenters. The molecule has 3 nitrogen and oxygen atoms in total. The number of rotatable bonds is 5. The molecule has 1 aromatic heterocycles. The van der Waals surface area contributed by atoms with E-state index in [4.69, 9.17) is 0 Å². The molecule has 0 amide bonds. The molecule has 0 fully saturated rings. The molecule has 1 heterocycles. The number of aliphatic hydroxyl groups is 1. The predicted octanol–water partition coefficient (Wildman–Crippen LogP) is 3.64. The number of benzene rings is 1.